The van der Waals surface area contributed by atoms with Crippen LogP contribution in [0.2, 0.25) is 0 Å². The van der Waals surface area contributed by atoms with E-state index < -0.39 is 0 Å². The molecule has 0 aliphatic heterocycles. The average molecular weight is 333 g/mol. The number of methoxy groups -OCH3 is 3. The second-order valence-electron chi connectivity index (χ2n) is 5.80. The van der Waals surface area contributed by atoms with Crippen molar-refractivity contribution in [3.8, 4) is 17.2 Å². The molecular formula is C18H27N3O3. The maximum atomic E-state index is 5.54. The zero-order valence-corrected chi connectivity index (χ0v) is 15.6. The summed E-state index contributed by atoms with van der Waals surface area (Å²) in [4.78, 5) is 0. The van der Waals surface area contributed by atoms with E-state index in [9.17, 15) is 0 Å². The molecule has 1 N–H and O–H groups in total. The maximum absolute atomic E-state index is 5.54. The Morgan fingerprint density at radius 3 is 2.25 bits per heavy atom. The number of ether oxygens (including phenoxy) is 3. The first kappa shape index (κ1) is 18.1. The van der Waals surface area contributed by atoms with Gasteiger partial charge in [0.1, 0.15) is 0 Å². The lowest BCUT2D eigenvalue weighted by Crippen LogP contribution is -2.20. The lowest BCUT2D eigenvalue weighted by Gasteiger charge is -2.19. The highest BCUT2D eigenvalue weighted by molar-refractivity contribution is 5.55. The first-order valence-electron chi connectivity index (χ1n) is 7.95. The van der Waals surface area contributed by atoms with Crippen LogP contribution in [0.15, 0.2) is 12.1 Å². The zero-order valence-electron chi connectivity index (χ0n) is 15.6. The van der Waals surface area contributed by atoms with Gasteiger partial charge in [0.25, 0.3) is 0 Å². The SMILES string of the molecule is COc1ccc(CN[C@@H](C)c2c(C)nn(C)c2C)c(OC)c1OC. The molecule has 0 aliphatic rings. The summed E-state index contributed by atoms with van der Waals surface area (Å²) in [5, 5.41) is 8.03. The molecule has 0 amide bonds. The quantitative estimate of drug-likeness (QED) is 0.844. The van der Waals surface area contributed by atoms with Gasteiger partial charge in [-0.3, -0.25) is 4.68 Å². The van der Waals surface area contributed by atoms with Crippen molar-refractivity contribution in [2.45, 2.75) is 33.4 Å². The number of aromatic nitrogens is 2. The van der Waals surface area contributed by atoms with Crippen LogP contribution in [-0.4, -0.2) is 31.1 Å². The van der Waals surface area contributed by atoms with E-state index in [1.54, 1.807) is 21.3 Å². The maximum Gasteiger partial charge on any atom is 0.203 e. The molecule has 0 bridgehead atoms. The van der Waals surface area contributed by atoms with Crippen molar-refractivity contribution in [2.24, 2.45) is 7.05 Å². The number of aryl methyl sites for hydroxylation is 2. The third-order valence-corrected chi connectivity index (χ3v) is 4.38. The molecule has 0 aliphatic carbocycles. The molecule has 132 valence electrons. The van der Waals surface area contributed by atoms with Gasteiger partial charge in [-0.25, -0.2) is 0 Å². The third-order valence-electron chi connectivity index (χ3n) is 4.38. The van der Waals surface area contributed by atoms with Gasteiger partial charge in [0, 0.05) is 36.5 Å². The standard InChI is InChI=1S/C18H27N3O3/c1-11(16-12(2)20-21(4)13(16)3)19-10-14-8-9-15(22-5)18(24-7)17(14)23-6/h8-9,11,19H,10H2,1-7H3/t11-/m0/s1. The summed E-state index contributed by atoms with van der Waals surface area (Å²) in [5.41, 5.74) is 4.47. The topological polar surface area (TPSA) is 57.5 Å². The van der Waals surface area contributed by atoms with Gasteiger partial charge in [0.2, 0.25) is 5.75 Å². The highest BCUT2D eigenvalue weighted by atomic mass is 16.5. The van der Waals surface area contributed by atoms with Gasteiger partial charge in [-0.05, 0) is 26.8 Å². The Kier molecular flexibility index (Phi) is 5.72. The molecular weight excluding hydrogens is 306 g/mol. The Bertz CT molecular complexity index is 710. The smallest absolute Gasteiger partial charge is 0.203 e. The fourth-order valence-electron chi connectivity index (χ4n) is 3.08. The molecule has 0 saturated heterocycles. The van der Waals surface area contributed by atoms with E-state index in [1.807, 2.05) is 30.8 Å². The fraction of sp³-hybridized carbons (Fsp3) is 0.500. The van der Waals surface area contributed by atoms with Crippen molar-refractivity contribution < 1.29 is 14.2 Å². The Morgan fingerprint density at radius 1 is 1.08 bits per heavy atom. The number of benzene rings is 1. The minimum Gasteiger partial charge on any atom is -0.493 e. The van der Waals surface area contributed by atoms with Gasteiger partial charge in [0.15, 0.2) is 11.5 Å². The van der Waals surface area contributed by atoms with Gasteiger partial charge in [-0.2, -0.15) is 5.10 Å². The number of nitrogens with zero attached hydrogens (tertiary/aromatic N) is 2. The van der Waals surface area contributed by atoms with E-state index in [4.69, 9.17) is 14.2 Å². The largest absolute Gasteiger partial charge is 0.493 e. The van der Waals surface area contributed by atoms with E-state index in [1.165, 1.54) is 11.3 Å². The second-order valence-corrected chi connectivity index (χ2v) is 5.80. The summed E-state index contributed by atoms with van der Waals surface area (Å²) >= 11 is 0. The van der Waals surface area contributed by atoms with Crippen molar-refractivity contribution in [1.82, 2.24) is 15.1 Å². The van der Waals surface area contributed by atoms with Crippen LogP contribution in [0.1, 0.15) is 35.5 Å². The minimum absolute atomic E-state index is 0.177. The molecule has 6 nitrogen and oxygen atoms in total. The Hall–Kier alpha value is -2.21. The van der Waals surface area contributed by atoms with E-state index >= 15 is 0 Å². The summed E-state index contributed by atoms with van der Waals surface area (Å²) in [6.07, 6.45) is 0. The Morgan fingerprint density at radius 2 is 1.75 bits per heavy atom. The van der Waals surface area contributed by atoms with Gasteiger partial charge < -0.3 is 19.5 Å². The lowest BCUT2D eigenvalue weighted by molar-refractivity contribution is 0.321. The van der Waals surface area contributed by atoms with Gasteiger partial charge in [-0.15, -0.1) is 0 Å². The summed E-state index contributed by atoms with van der Waals surface area (Å²) < 4.78 is 18.2. The van der Waals surface area contributed by atoms with Crippen molar-refractivity contribution in [3.05, 3.63) is 34.6 Å². The molecule has 6 heteroatoms. The highest BCUT2D eigenvalue weighted by Gasteiger charge is 2.19. The molecule has 0 radical (unpaired) electrons. The number of rotatable bonds is 7. The minimum atomic E-state index is 0.177. The molecule has 1 aromatic carbocycles. The van der Waals surface area contributed by atoms with E-state index in [0.717, 1.165) is 11.3 Å². The predicted octanol–water partition coefficient (Wildman–Crippen LogP) is 2.91. The van der Waals surface area contributed by atoms with E-state index in [2.05, 4.69) is 24.3 Å². The van der Waals surface area contributed by atoms with Crippen molar-refractivity contribution in [2.75, 3.05) is 21.3 Å². The Labute approximate surface area is 143 Å². The molecule has 2 rings (SSSR count). The number of hydrogen-bond donors (Lipinski definition) is 1. The Balaban J connectivity index is 2.22. The normalized spacial score (nSPS) is 12.1. The van der Waals surface area contributed by atoms with Gasteiger partial charge in [-0.1, -0.05) is 6.07 Å². The monoisotopic (exact) mass is 333 g/mol. The van der Waals surface area contributed by atoms with Crippen LogP contribution in [0.4, 0.5) is 0 Å². The molecule has 2 aromatic rings. The van der Waals surface area contributed by atoms with Crippen LogP contribution in [0, 0.1) is 13.8 Å². The third kappa shape index (κ3) is 3.33. The molecule has 0 unspecified atom stereocenters. The van der Waals surface area contributed by atoms with Crippen LogP contribution >= 0.6 is 0 Å². The second kappa shape index (κ2) is 7.57. The van der Waals surface area contributed by atoms with Crippen LogP contribution in [-0.2, 0) is 13.6 Å². The van der Waals surface area contributed by atoms with Crippen molar-refractivity contribution in [1.29, 1.82) is 0 Å². The molecule has 1 atom stereocenters. The summed E-state index contributed by atoms with van der Waals surface area (Å²) in [6, 6.07) is 4.06. The molecule has 0 spiro atoms. The molecule has 1 heterocycles. The van der Waals surface area contributed by atoms with Crippen molar-refractivity contribution in [3.63, 3.8) is 0 Å². The van der Waals surface area contributed by atoms with Crippen LogP contribution < -0.4 is 19.5 Å². The van der Waals surface area contributed by atoms with Crippen LogP contribution in [0.25, 0.3) is 0 Å². The molecule has 1 aromatic heterocycles. The van der Waals surface area contributed by atoms with Crippen LogP contribution in [0.3, 0.4) is 0 Å². The molecule has 0 fully saturated rings. The van der Waals surface area contributed by atoms with Gasteiger partial charge in [0.05, 0.1) is 27.0 Å². The zero-order chi connectivity index (χ0) is 17.9. The summed E-state index contributed by atoms with van der Waals surface area (Å²) in [7, 11) is 6.84. The van der Waals surface area contributed by atoms with E-state index in [0.29, 0.717) is 23.8 Å². The fourth-order valence-corrected chi connectivity index (χ4v) is 3.08. The molecule has 24 heavy (non-hydrogen) atoms. The van der Waals surface area contributed by atoms with Gasteiger partial charge >= 0.3 is 0 Å². The van der Waals surface area contributed by atoms with Crippen molar-refractivity contribution >= 4 is 0 Å². The predicted molar refractivity (Wildman–Crippen MR) is 94.0 cm³/mol. The summed E-state index contributed by atoms with van der Waals surface area (Å²) in [5.74, 6) is 1.96. The van der Waals surface area contributed by atoms with Crippen LogP contribution in [0.5, 0.6) is 17.2 Å². The first-order chi connectivity index (χ1) is 11.4. The lowest BCUT2D eigenvalue weighted by atomic mass is 10.1. The summed E-state index contributed by atoms with van der Waals surface area (Å²) in [6.45, 7) is 6.92. The molecule has 0 saturated carbocycles. The first-order valence-corrected chi connectivity index (χ1v) is 7.95. The highest BCUT2D eigenvalue weighted by Crippen LogP contribution is 2.39. The number of hydrogen-bond acceptors (Lipinski definition) is 5. The van der Waals surface area contributed by atoms with E-state index in [-0.39, 0.29) is 6.04 Å². The number of nitrogens with one attached hydrogen (secondary N) is 1. The average Bonchev–Trinajstić information content (AvgIpc) is 2.83.